The molecule has 0 unspecified atom stereocenters. The Bertz CT molecular complexity index is 747. The SMILES string of the molecule is C[C@@H](c1ccccc1)N1CC[C@H](NC(=O)CSc2nnnn2C2CC2)C1. The van der Waals surface area contributed by atoms with Gasteiger partial charge < -0.3 is 5.32 Å². The predicted octanol–water partition coefficient (Wildman–Crippen LogP) is 2.05. The lowest BCUT2D eigenvalue weighted by Crippen LogP contribution is -2.38. The Labute approximate surface area is 157 Å². The van der Waals surface area contributed by atoms with Gasteiger partial charge in [-0.2, -0.15) is 0 Å². The van der Waals surface area contributed by atoms with Crippen molar-refractivity contribution in [2.24, 2.45) is 0 Å². The molecule has 7 nitrogen and oxygen atoms in total. The van der Waals surface area contributed by atoms with Gasteiger partial charge in [-0.1, -0.05) is 42.1 Å². The van der Waals surface area contributed by atoms with Crippen molar-refractivity contribution in [3.63, 3.8) is 0 Å². The summed E-state index contributed by atoms with van der Waals surface area (Å²) in [6.45, 7) is 4.13. The minimum atomic E-state index is 0.0551. The molecule has 138 valence electrons. The van der Waals surface area contributed by atoms with Gasteiger partial charge in [-0.15, -0.1) is 5.10 Å². The molecule has 1 aliphatic carbocycles. The summed E-state index contributed by atoms with van der Waals surface area (Å²) in [5, 5.41) is 15.7. The van der Waals surface area contributed by atoms with Crippen molar-refractivity contribution in [1.29, 1.82) is 0 Å². The van der Waals surface area contributed by atoms with E-state index in [1.165, 1.54) is 17.3 Å². The molecule has 0 bridgehead atoms. The van der Waals surface area contributed by atoms with Crippen molar-refractivity contribution in [3.05, 3.63) is 35.9 Å². The monoisotopic (exact) mass is 372 g/mol. The lowest BCUT2D eigenvalue weighted by atomic mass is 10.1. The first-order chi connectivity index (χ1) is 12.7. The molecular weight excluding hydrogens is 348 g/mol. The number of carbonyl (C=O) groups is 1. The summed E-state index contributed by atoms with van der Waals surface area (Å²) < 4.78 is 1.84. The van der Waals surface area contributed by atoms with Crippen LogP contribution in [0, 0.1) is 0 Å². The Kier molecular flexibility index (Phi) is 5.21. The van der Waals surface area contributed by atoms with Crippen LogP contribution in [0.15, 0.2) is 35.5 Å². The first-order valence-electron chi connectivity index (χ1n) is 9.19. The molecule has 2 fully saturated rings. The molecule has 2 aromatic rings. The highest BCUT2D eigenvalue weighted by atomic mass is 32.2. The van der Waals surface area contributed by atoms with Gasteiger partial charge in [-0.05, 0) is 42.2 Å². The van der Waals surface area contributed by atoms with Crippen molar-refractivity contribution >= 4 is 17.7 Å². The van der Waals surface area contributed by atoms with E-state index in [2.05, 4.69) is 56.9 Å². The standard InChI is InChI=1S/C18H24N6OS/c1-13(14-5-3-2-4-6-14)23-10-9-15(11-23)19-17(25)12-26-18-20-21-22-24(18)16-7-8-16/h2-6,13,15-16H,7-12H2,1H3,(H,19,25)/t13-,15-/m0/s1. The molecule has 1 saturated carbocycles. The number of rotatable bonds is 7. The molecule has 1 saturated heterocycles. The fourth-order valence-electron chi connectivity index (χ4n) is 3.43. The van der Waals surface area contributed by atoms with Gasteiger partial charge in [0.2, 0.25) is 11.1 Å². The molecule has 0 radical (unpaired) electrons. The minimum Gasteiger partial charge on any atom is -0.351 e. The quantitative estimate of drug-likeness (QED) is 0.750. The summed E-state index contributed by atoms with van der Waals surface area (Å²) in [5.41, 5.74) is 1.32. The van der Waals surface area contributed by atoms with Gasteiger partial charge in [0.05, 0.1) is 11.8 Å². The maximum atomic E-state index is 12.3. The van der Waals surface area contributed by atoms with Gasteiger partial charge in [0.25, 0.3) is 0 Å². The average Bonchev–Trinajstić information content (AvgIpc) is 3.22. The van der Waals surface area contributed by atoms with Gasteiger partial charge in [-0.25, -0.2) is 4.68 Å². The highest BCUT2D eigenvalue weighted by Gasteiger charge is 2.29. The van der Waals surface area contributed by atoms with Crippen LogP contribution < -0.4 is 5.32 Å². The molecule has 4 rings (SSSR count). The van der Waals surface area contributed by atoms with Gasteiger partial charge in [0.15, 0.2) is 0 Å². The molecule has 2 heterocycles. The molecule has 26 heavy (non-hydrogen) atoms. The van der Waals surface area contributed by atoms with E-state index in [0.717, 1.165) is 37.5 Å². The number of nitrogens with zero attached hydrogens (tertiary/aromatic N) is 5. The molecule has 0 spiro atoms. The minimum absolute atomic E-state index is 0.0551. The number of benzene rings is 1. The molecule has 1 aromatic carbocycles. The fraction of sp³-hybridized carbons (Fsp3) is 0.556. The van der Waals surface area contributed by atoms with Crippen LogP contribution in [0.2, 0.25) is 0 Å². The second-order valence-electron chi connectivity index (χ2n) is 7.06. The van der Waals surface area contributed by atoms with Gasteiger partial charge >= 0.3 is 0 Å². The van der Waals surface area contributed by atoms with Crippen LogP contribution in [-0.4, -0.2) is 55.9 Å². The summed E-state index contributed by atoms with van der Waals surface area (Å²) in [6, 6.07) is 11.5. The zero-order chi connectivity index (χ0) is 17.9. The zero-order valence-corrected chi connectivity index (χ0v) is 15.7. The van der Waals surface area contributed by atoms with Crippen LogP contribution >= 0.6 is 11.8 Å². The predicted molar refractivity (Wildman–Crippen MR) is 99.8 cm³/mol. The van der Waals surface area contributed by atoms with Crippen LogP contribution in [0.1, 0.15) is 43.8 Å². The summed E-state index contributed by atoms with van der Waals surface area (Å²) in [4.78, 5) is 14.7. The van der Waals surface area contributed by atoms with Crippen LogP contribution in [0.3, 0.4) is 0 Å². The number of amides is 1. The second-order valence-corrected chi connectivity index (χ2v) is 8.00. The van der Waals surface area contributed by atoms with Gasteiger partial charge in [0, 0.05) is 25.2 Å². The van der Waals surface area contributed by atoms with E-state index in [4.69, 9.17) is 0 Å². The Morgan fingerprint density at radius 3 is 2.88 bits per heavy atom. The molecular formula is C18H24N6OS. The molecule has 2 aliphatic rings. The Morgan fingerprint density at radius 1 is 1.31 bits per heavy atom. The summed E-state index contributed by atoms with van der Waals surface area (Å²) in [6.07, 6.45) is 3.25. The second kappa shape index (κ2) is 7.75. The van der Waals surface area contributed by atoms with Crippen molar-refractivity contribution in [1.82, 2.24) is 30.4 Å². The maximum absolute atomic E-state index is 12.3. The smallest absolute Gasteiger partial charge is 0.230 e. The third-order valence-corrected chi connectivity index (χ3v) is 6.04. The lowest BCUT2D eigenvalue weighted by Gasteiger charge is -2.24. The van der Waals surface area contributed by atoms with Gasteiger partial charge in [-0.3, -0.25) is 9.69 Å². The lowest BCUT2D eigenvalue weighted by molar-refractivity contribution is -0.119. The number of carbonyl (C=O) groups excluding carboxylic acids is 1. The highest BCUT2D eigenvalue weighted by molar-refractivity contribution is 7.99. The summed E-state index contributed by atoms with van der Waals surface area (Å²) >= 11 is 1.42. The first-order valence-corrected chi connectivity index (χ1v) is 10.2. The van der Waals surface area contributed by atoms with Crippen molar-refractivity contribution in [2.75, 3.05) is 18.8 Å². The number of thioether (sulfide) groups is 1. The van der Waals surface area contributed by atoms with Crippen molar-refractivity contribution in [3.8, 4) is 0 Å². The first kappa shape index (κ1) is 17.5. The maximum Gasteiger partial charge on any atom is 0.230 e. The topological polar surface area (TPSA) is 75.9 Å². The number of aromatic nitrogens is 4. The van der Waals surface area contributed by atoms with E-state index in [0.29, 0.717) is 17.8 Å². The number of likely N-dealkylation sites (tertiary alicyclic amines) is 1. The van der Waals surface area contributed by atoms with Crippen LogP contribution in [0.5, 0.6) is 0 Å². The van der Waals surface area contributed by atoms with E-state index in [1.807, 2.05) is 10.7 Å². The Hall–Kier alpha value is -1.93. The van der Waals surface area contributed by atoms with Crippen LogP contribution in [-0.2, 0) is 4.79 Å². The fourth-order valence-corrected chi connectivity index (χ4v) is 4.18. The molecule has 1 aliphatic heterocycles. The molecule has 8 heteroatoms. The highest BCUT2D eigenvalue weighted by Crippen LogP contribution is 2.36. The number of tetrazole rings is 1. The van der Waals surface area contributed by atoms with E-state index in [1.54, 1.807) is 0 Å². The normalized spacial score (nSPS) is 21.7. The van der Waals surface area contributed by atoms with Crippen LogP contribution in [0.4, 0.5) is 0 Å². The van der Waals surface area contributed by atoms with E-state index in [9.17, 15) is 4.79 Å². The Morgan fingerprint density at radius 2 is 2.12 bits per heavy atom. The average molecular weight is 372 g/mol. The third kappa shape index (κ3) is 4.07. The largest absolute Gasteiger partial charge is 0.351 e. The van der Waals surface area contributed by atoms with Gasteiger partial charge in [0.1, 0.15) is 0 Å². The van der Waals surface area contributed by atoms with Crippen molar-refractivity contribution < 1.29 is 4.79 Å². The zero-order valence-electron chi connectivity index (χ0n) is 14.9. The third-order valence-electron chi connectivity index (χ3n) is 5.10. The molecule has 1 aromatic heterocycles. The summed E-state index contributed by atoms with van der Waals surface area (Å²) in [7, 11) is 0. The van der Waals surface area contributed by atoms with E-state index in [-0.39, 0.29) is 11.9 Å². The number of hydrogen-bond acceptors (Lipinski definition) is 6. The molecule has 2 atom stereocenters. The van der Waals surface area contributed by atoms with Crippen molar-refractivity contribution in [2.45, 2.75) is 49.5 Å². The summed E-state index contributed by atoms with van der Waals surface area (Å²) in [5.74, 6) is 0.414. The Balaban J connectivity index is 1.24. The number of nitrogens with one attached hydrogen (secondary N) is 1. The molecule has 1 N–H and O–H groups in total. The van der Waals surface area contributed by atoms with E-state index >= 15 is 0 Å². The van der Waals surface area contributed by atoms with E-state index < -0.39 is 0 Å². The number of hydrogen-bond donors (Lipinski definition) is 1. The molecule has 1 amide bonds. The van der Waals surface area contributed by atoms with Crippen LogP contribution in [0.25, 0.3) is 0 Å².